The zero-order chi connectivity index (χ0) is 25.7. The van der Waals surface area contributed by atoms with Crippen molar-refractivity contribution in [2.45, 2.75) is 19.4 Å². The molecule has 36 heavy (non-hydrogen) atoms. The third kappa shape index (κ3) is 5.84. The van der Waals surface area contributed by atoms with Gasteiger partial charge < -0.3 is 9.64 Å². The van der Waals surface area contributed by atoms with Crippen LogP contribution >= 0.6 is 0 Å². The quantitative estimate of drug-likeness (QED) is 0.579. The van der Waals surface area contributed by atoms with Crippen molar-refractivity contribution < 1.29 is 19.1 Å². The Morgan fingerprint density at radius 1 is 1.36 bits per heavy atom. The van der Waals surface area contributed by atoms with Crippen molar-refractivity contribution in [2.75, 3.05) is 57.2 Å². The normalized spacial score (nSPS) is 18.1. The minimum atomic E-state index is -0.492. The predicted molar refractivity (Wildman–Crippen MR) is 132 cm³/mol. The Morgan fingerprint density at radius 3 is 2.89 bits per heavy atom. The summed E-state index contributed by atoms with van der Waals surface area (Å²) in [7, 11) is 3.43. The predicted octanol–water partition coefficient (Wildman–Crippen LogP) is 1.68. The Hall–Kier alpha value is -3.88. The first-order valence-corrected chi connectivity index (χ1v) is 11.8. The Bertz CT molecular complexity index is 1190. The topological polar surface area (TPSA) is 132 Å². The number of hydrogen-bond donors (Lipinski definition) is 1. The molecule has 2 aliphatic rings. The average molecular weight is 492 g/mol. The lowest BCUT2D eigenvalue weighted by Crippen LogP contribution is -2.48. The van der Waals surface area contributed by atoms with Gasteiger partial charge in [0.2, 0.25) is 5.91 Å². The first kappa shape index (κ1) is 25.2. The summed E-state index contributed by atoms with van der Waals surface area (Å²) in [6, 6.07) is 6.72. The largest absolute Gasteiger partial charge is 0.381 e. The number of piperazine rings is 1. The van der Waals surface area contributed by atoms with E-state index in [1.165, 1.54) is 18.1 Å². The highest BCUT2D eigenvalue weighted by atomic mass is 16.5. The fourth-order valence-corrected chi connectivity index (χ4v) is 4.30. The van der Waals surface area contributed by atoms with E-state index in [0.29, 0.717) is 61.9 Å². The van der Waals surface area contributed by atoms with E-state index in [9.17, 15) is 19.6 Å². The van der Waals surface area contributed by atoms with Crippen molar-refractivity contribution >= 4 is 29.9 Å². The standard InChI is InChI=1S/C25H29N7O4/c1-30-6-7-32(24(34)14-30)13-18-3-4-23(28-21(18)15-33)31(2)25(35)29-22-10-19(20(11-26)12-27-22)9-17-5-8-36-16-17/h3-4,10,12,15,17H,5-9,13-14,16H2,1-2H3,(H,27,29,35). The second-order valence-electron chi connectivity index (χ2n) is 9.15. The molecule has 1 atom stereocenters. The second kappa shape index (κ2) is 11.2. The van der Waals surface area contributed by atoms with E-state index < -0.39 is 6.03 Å². The summed E-state index contributed by atoms with van der Waals surface area (Å²) < 4.78 is 5.43. The van der Waals surface area contributed by atoms with E-state index in [1.54, 1.807) is 23.1 Å². The molecular weight excluding hydrogens is 462 g/mol. The van der Waals surface area contributed by atoms with Gasteiger partial charge in [0.15, 0.2) is 6.29 Å². The van der Waals surface area contributed by atoms with Gasteiger partial charge in [-0.1, -0.05) is 6.07 Å². The van der Waals surface area contributed by atoms with Gasteiger partial charge in [-0.25, -0.2) is 14.8 Å². The lowest BCUT2D eigenvalue weighted by molar-refractivity contribution is -0.136. The maximum Gasteiger partial charge on any atom is 0.328 e. The Balaban J connectivity index is 1.45. The highest BCUT2D eigenvalue weighted by Gasteiger charge is 2.24. The van der Waals surface area contributed by atoms with Crippen molar-refractivity contribution in [3.8, 4) is 6.07 Å². The van der Waals surface area contributed by atoms with Crippen LogP contribution in [0.3, 0.4) is 0 Å². The maximum atomic E-state index is 12.9. The number of aldehydes is 1. The van der Waals surface area contributed by atoms with Crippen LogP contribution in [0.1, 0.15) is 33.6 Å². The van der Waals surface area contributed by atoms with Crippen LogP contribution in [0.5, 0.6) is 0 Å². The molecule has 11 nitrogen and oxygen atoms in total. The van der Waals surface area contributed by atoms with Crippen molar-refractivity contribution in [3.05, 3.63) is 46.8 Å². The van der Waals surface area contributed by atoms with Crippen LogP contribution < -0.4 is 10.2 Å². The summed E-state index contributed by atoms with van der Waals surface area (Å²) in [6.45, 7) is 3.33. The van der Waals surface area contributed by atoms with Crippen molar-refractivity contribution in [2.24, 2.45) is 5.92 Å². The number of ether oxygens (including phenoxy) is 1. The molecule has 0 aromatic carbocycles. The summed E-state index contributed by atoms with van der Waals surface area (Å²) in [4.78, 5) is 50.4. The molecule has 0 spiro atoms. The summed E-state index contributed by atoms with van der Waals surface area (Å²) in [5, 5.41) is 12.2. The van der Waals surface area contributed by atoms with Crippen molar-refractivity contribution in [1.82, 2.24) is 19.8 Å². The summed E-state index contributed by atoms with van der Waals surface area (Å²) >= 11 is 0. The van der Waals surface area contributed by atoms with Gasteiger partial charge >= 0.3 is 6.03 Å². The number of carbonyl (C=O) groups is 3. The molecule has 2 aromatic rings. The minimum Gasteiger partial charge on any atom is -0.381 e. The summed E-state index contributed by atoms with van der Waals surface area (Å²) in [6.07, 6.45) is 3.69. The molecule has 0 bridgehead atoms. The van der Waals surface area contributed by atoms with E-state index in [1.807, 2.05) is 11.9 Å². The average Bonchev–Trinajstić information content (AvgIpc) is 3.38. The van der Waals surface area contributed by atoms with E-state index >= 15 is 0 Å². The smallest absolute Gasteiger partial charge is 0.328 e. The third-order valence-corrected chi connectivity index (χ3v) is 6.51. The summed E-state index contributed by atoms with van der Waals surface area (Å²) in [5.41, 5.74) is 2.08. The number of likely N-dealkylation sites (N-methyl/N-ethyl adjacent to an activating group) is 1. The molecule has 3 amide bonds. The van der Waals surface area contributed by atoms with Gasteiger partial charge in [0.25, 0.3) is 0 Å². The third-order valence-electron chi connectivity index (χ3n) is 6.51. The van der Waals surface area contributed by atoms with E-state index in [4.69, 9.17) is 4.74 Å². The van der Waals surface area contributed by atoms with Crippen LogP contribution in [-0.2, 0) is 22.5 Å². The number of nitrogens with zero attached hydrogens (tertiary/aromatic N) is 6. The molecule has 0 radical (unpaired) electrons. The van der Waals surface area contributed by atoms with Gasteiger partial charge in [0, 0.05) is 51.7 Å². The second-order valence-corrected chi connectivity index (χ2v) is 9.15. The highest BCUT2D eigenvalue weighted by Crippen LogP contribution is 2.23. The number of aromatic nitrogens is 2. The molecule has 4 heterocycles. The van der Waals surface area contributed by atoms with Crippen molar-refractivity contribution in [3.63, 3.8) is 0 Å². The van der Waals surface area contributed by atoms with Crippen LogP contribution in [0.4, 0.5) is 16.4 Å². The number of rotatable bonds is 7. The maximum absolute atomic E-state index is 12.9. The van der Waals surface area contributed by atoms with Gasteiger partial charge in [-0.3, -0.25) is 24.7 Å². The molecule has 1 unspecified atom stereocenters. The van der Waals surface area contributed by atoms with Crippen LogP contribution in [0.25, 0.3) is 0 Å². The molecule has 0 saturated carbocycles. The van der Waals surface area contributed by atoms with E-state index in [2.05, 4.69) is 21.4 Å². The Labute approximate surface area is 209 Å². The number of urea groups is 1. The number of amides is 3. The van der Waals surface area contributed by atoms with Gasteiger partial charge in [-0.2, -0.15) is 5.26 Å². The van der Waals surface area contributed by atoms with Crippen LogP contribution in [-0.4, -0.2) is 84.9 Å². The molecule has 188 valence electrons. The number of nitriles is 1. The number of hydrogen-bond acceptors (Lipinski definition) is 8. The first-order valence-electron chi connectivity index (χ1n) is 11.8. The molecule has 11 heteroatoms. The minimum absolute atomic E-state index is 0.00378. The van der Waals surface area contributed by atoms with Gasteiger partial charge in [-0.05, 0) is 43.5 Å². The molecule has 2 fully saturated rings. The highest BCUT2D eigenvalue weighted by molar-refractivity contribution is 6.00. The molecule has 0 aliphatic carbocycles. The monoisotopic (exact) mass is 491 g/mol. The zero-order valence-electron chi connectivity index (χ0n) is 20.4. The van der Waals surface area contributed by atoms with Gasteiger partial charge in [0.05, 0.1) is 12.1 Å². The van der Waals surface area contributed by atoms with E-state index in [-0.39, 0.29) is 24.0 Å². The molecular formula is C25H29N7O4. The fraction of sp³-hybridized carbons (Fsp3) is 0.440. The Kier molecular flexibility index (Phi) is 7.87. The van der Waals surface area contributed by atoms with Crippen LogP contribution in [0, 0.1) is 17.2 Å². The fourth-order valence-electron chi connectivity index (χ4n) is 4.30. The molecule has 1 N–H and O–H groups in total. The number of anilines is 2. The number of carbonyl (C=O) groups excluding carboxylic acids is 3. The van der Waals surface area contributed by atoms with Crippen molar-refractivity contribution in [1.29, 1.82) is 5.26 Å². The zero-order valence-corrected chi connectivity index (χ0v) is 20.4. The lowest BCUT2D eigenvalue weighted by Gasteiger charge is -2.32. The molecule has 2 saturated heterocycles. The number of pyridine rings is 2. The van der Waals surface area contributed by atoms with Crippen LogP contribution in [0.2, 0.25) is 0 Å². The molecule has 2 aromatic heterocycles. The SMILES string of the molecule is CN1CCN(Cc2ccc(N(C)C(=O)Nc3cc(CC4CCOC4)c(C#N)cn3)nc2C=O)C(=O)C1. The van der Waals surface area contributed by atoms with E-state index in [0.717, 1.165) is 18.5 Å². The van der Waals surface area contributed by atoms with Gasteiger partial charge in [0.1, 0.15) is 23.4 Å². The Morgan fingerprint density at radius 2 is 2.19 bits per heavy atom. The first-order chi connectivity index (χ1) is 17.4. The van der Waals surface area contributed by atoms with Crippen LogP contribution in [0.15, 0.2) is 24.4 Å². The van der Waals surface area contributed by atoms with Gasteiger partial charge in [-0.15, -0.1) is 0 Å². The molecule has 4 rings (SSSR count). The molecule has 2 aliphatic heterocycles. The summed E-state index contributed by atoms with van der Waals surface area (Å²) in [5.74, 6) is 0.924. The number of nitrogens with one attached hydrogen (secondary N) is 1. The lowest BCUT2D eigenvalue weighted by atomic mass is 9.96.